The van der Waals surface area contributed by atoms with Crippen molar-refractivity contribution >= 4 is 38.4 Å². The standard InChI is InChI=1S/C21H27ClF2N3O7P/c1-14(2)32-19(29)10-26-35(34-16-7-5-4-6-8-16)31-13-17-21(23,24)9-18(33-17)27(20(30)25-3)11-15(22)12-28/h4-8,11-12,14,17-18,26H,9-10,13H2,1-3H3,(H,25,30)/b15-11+. The first-order chi connectivity index (χ1) is 16.6. The minimum absolute atomic E-state index is 0.259. The van der Waals surface area contributed by atoms with Gasteiger partial charge in [0.15, 0.2) is 6.29 Å². The Kier molecular flexibility index (Phi) is 11.3. The number of esters is 1. The normalized spacial score (nSPS) is 20.3. The van der Waals surface area contributed by atoms with Crippen LogP contribution in [0.3, 0.4) is 0 Å². The number of carbonyl (C=O) groups excluding carboxylic acids is 3. The molecule has 0 aliphatic carbocycles. The van der Waals surface area contributed by atoms with Gasteiger partial charge in [0.05, 0.1) is 24.2 Å². The van der Waals surface area contributed by atoms with E-state index < -0.39 is 51.8 Å². The topological polar surface area (TPSA) is 115 Å². The molecule has 0 saturated carbocycles. The number of aldehydes is 1. The van der Waals surface area contributed by atoms with Gasteiger partial charge in [-0.2, -0.15) is 0 Å². The number of benzene rings is 1. The molecule has 2 rings (SSSR count). The molecule has 1 heterocycles. The van der Waals surface area contributed by atoms with Gasteiger partial charge in [-0.1, -0.05) is 29.8 Å². The Hall–Kier alpha value is -2.37. The SMILES string of the molecule is CNC(=O)N(/C=C(/Cl)C=O)C1CC(F)(F)C(COP(NCC(=O)OC(C)C)Oc2ccccc2)O1. The Morgan fingerprint density at radius 1 is 1.34 bits per heavy atom. The fraction of sp³-hybridized carbons (Fsp3) is 0.476. The second kappa shape index (κ2) is 13.6. The molecule has 0 aromatic heterocycles. The van der Waals surface area contributed by atoms with Crippen LogP contribution in [0.25, 0.3) is 0 Å². The lowest BCUT2D eigenvalue weighted by Gasteiger charge is -2.25. The average Bonchev–Trinajstić information content (AvgIpc) is 3.12. The van der Waals surface area contributed by atoms with Gasteiger partial charge in [-0.15, -0.1) is 0 Å². The van der Waals surface area contributed by atoms with Crippen LogP contribution in [0.1, 0.15) is 20.3 Å². The summed E-state index contributed by atoms with van der Waals surface area (Å²) in [6, 6.07) is 7.65. The van der Waals surface area contributed by atoms with E-state index in [1.165, 1.54) is 7.05 Å². The highest BCUT2D eigenvalue weighted by atomic mass is 35.5. The molecule has 2 amide bonds. The van der Waals surface area contributed by atoms with Gasteiger partial charge in [0.1, 0.15) is 24.6 Å². The van der Waals surface area contributed by atoms with E-state index in [4.69, 9.17) is 30.1 Å². The predicted molar refractivity (Wildman–Crippen MR) is 124 cm³/mol. The van der Waals surface area contributed by atoms with E-state index >= 15 is 0 Å². The summed E-state index contributed by atoms with van der Waals surface area (Å²) in [5, 5.41) is 4.62. The van der Waals surface area contributed by atoms with Crippen molar-refractivity contribution in [3.8, 4) is 5.75 Å². The van der Waals surface area contributed by atoms with Gasteiger partial charge in [-0.3, -0.25) is 14.5 Å². The molecule has 10 nitrogen and oxygen atoms in total. The number of carbonyl (C=O) groups is 3. The van der Waals surface area contributed by atoms with Crippen molar-refractivity contribution in [1.82, 2.24) is 15.3 Å². The van der Waals surface area contributed by atoms with E-state index in [1.807, 2.05) is 0 Å². The Morgan fingerprint density at radius 3 is 2.63 bits per heavy atom. The molecule has 3 unspecified atom stereocenters. The van der Waals surface area contributed by atoms with Crippen LogP contribution >= 0.6 is 20.1 Å². The Morgan fingerprint density at radius 2 is 2.03 bits per heavy atom. The number of hydrogen-bond acceptors (Lipinski definition) is 8. The molecule has 1 fully saturated rings. The molecule has 0 bridgehead atoms. The summed E-state index contributed by atoms with van der Waals surface area (Å²) in [7, 11) is -0.763. The van der Waals surface area contributed by atoms with E-state index in [0.29, 0.717) is 5.75 Å². The predicted octanol–water partition coefficient (Wildman–Crippen LogP) is 3.52. The number of hydrogen-bond donors (Lipinski definition) is 2. The van der Waals surface area contributed by atoms with Crippen LogP contribution in [0.2, 0.25) is 0 Å². The lowest BCUT2D eigenvalue weighted by atomic mass is 10.1. The Labute approximate surface area is 207 Å². The number of urea groups is 1. The molecule has 3 atom stereocenters. The third kappa shape index (κ3) is 9.30. The molecule has 35 heavy (non-hydrogen) atoms. The lowest BCUT2D eigenvalue weighted by molar-refractivity contribution is -0.145. The van der Waals surface area contributed by atoms with Crippen molar-refractivity contribution in [3.63, 3.8) is 0 Å². The van der Waals surface area contributed by atoms with Crippen LogP contribution in [0.15, 0.2) is 41.6 Å². The number of nitrogens with one attached hydrogen (secondary N) is 2. The first-order valence-corrected chi connectivity index (χ1v) is 12.1. The van der Waals surface area contributed by atoms with E-state index in [0.717, 1.165) is 11.1 Å². The van der Waals surface area contributed by atoms with E-state index in [2.05, 4.69) is 10.4 Å². The van der Waals surface area contributed by atoms with Crippen molar-refractivity contribution in [1.29, 1.82) is 0 Å². The summed E-state index contributed by atoms with van der Waals surface area (Å²) in [5.74, 6) is -3.57. The molecule has 1 aliphatic heterocycles. The number of ether oxygens (including phenoxy) is 2. The molecule has 0 spiro atoms. The van der Waals surface area contributed by atoms with Crippen LogP contribution in [-0.2, 0) is 23.6 Å². The van der Waals surface area contributed by atoms with Crippen molar-refractivity contribution in [2.75, 3.05) is 20.2 Å². The molecule has 14 heteroatoms. The molecule has 1 aliphatic rings. The smallest absolute Gasteiger partial charge is 0.323 e. The van der Waals surface area contributed by atoms with E-state index in [-0.39, 0.29) is 24.0 Å². The summed E-state index contributed by atoms with van der Waals surface area (Å²) >= 11 is 5.66. The first kappa shape index (κ1) is 28.9. The van der Waals surface area contributed by atoms with E-state index in [1.54, 1.807) is 44.2 Å². The molecule has 2 N–H and O–H groups in total. The molecule has 1 saturated heterocycles. The molecular formula is C21H27ClF2N3O7P. The fourth-order valence-electron chi connectivity index (χ4n) is 2.84. The average molecular weight is 538 g/mol. The van der Waals surface area contributed by atoms with Crippen LogP contribution in [0, 0.1) is 0 Å². The van der Waals surface area contributed by atoms with E-state index in [9.17, 15) is 23.2 Å². The number of halogens is 3. The zero-order chi connectivity index (χ0) is 26.0. The summed E-state index contributed by atoms with van der Waals surface area (Å²) in [6.45, 7) is 2.47. The monoisotopic (exact) mass is 537 g/mol. The zero-order valence-corrected chi connectivity index (χ0v) is 20.9. The summed E-state index contributed by atoms with van der Waals surface area (Å²) in [4.78, 5) is 35.6. The molecule has 1 aromatic carbocycles. The Bertz CT molecular complexity index is 895. The maximum Gasteiger partial charge on any atom is 0.323 e. The highest BCUT2D eigenvalue weighted by Crippen LogP contribution is 2.41. The second-order valence-electron chi connectivity index (χ2n) is 7.47. The van der Waals surface area contributed by atoms with Gasteiger partial charge in [0.2, 0.25) is 0 Å². The minimum atomic E-state index is -3.39. The van der Waals surface area contributed by atoms with Crippen LogP contribution < -0.4 is 14.9 Å². The van der Waals surface area contributed by atoms with Crippen molar-refractivity contribution in [2.45, 2.75) is 44.6 Å². The van der Waals surface area contributed by atoms with Gasteiger partial charge in [0, 0.05) is 13.2 Å². The quantitative estimate of drug-likeness (QED) is 0.180. The minimum Gasteiger partial charge on any atom is -0.462 e. The number of nitrogens with zero attached hydrogens (tertiary/aromatic N) is 1. The molecule has 0 radical (unpaired) electrons. The molecule has 194 valence electrons. The van der Waals surface area contributed by atoms with Gasteiger partial charge in [0.25, 0.3) is 5.92 Å². The van der Waals surface area contributed by atoms with Gasteiger partial charge >= 0.3 is 20.5 Å². The van der Waals surface area contributed by atoms with Gasteiger partial charge < -0.3 is 23.8 Å². The number of para-hydroxylation sites is 1. The van der Waals surface area contributed by atoms with Crippen molar-refractivity contribution in [3.05, 3.63) is 41.6 Å². The molecule has 1 aromatic rings. The summed E-state index contributed by atoms with van der Waals surface area (Å²) < 4.78 is 51.1. The zero-order valence-electron chi connectivity index (χ0n) is 19.3. The molecular weight excluding hydrogens is 511 g/mol. The lowest BCUT2D eigenvalue weighted by Crippen LogP contribution is -2.42. The van der Waals surface area contributed by atoms with Crippen LogP contribution in [0.5, 0.6) is 5.75 Å². The number of allylic oxidation sites excluding steroid dienone is 1. The maximum absolute atomic E-state index is 14.7. The third-order valence-corrected chi connectivity index (χ3v) is 5.73. The number of alkyl halides is 2. The van der Waals surface area contributed by atoms with Crippen molar-refractivity contribution < 1.29 is 41.7 Å². The van der Waals surface area contributed by atoms with Crippen LogP contribution in [0.4, 0.5) is 13.6 Å². The third-order valence-electron chi connectivity index (χ3n) is 4.37. The van der Waals surface area contributed by atoms with Crippen molar-refractivity contribution in [2.24, 2.45) is 0 Å². The number of rotatable bonds is 12. The Balaban J connectivity index is 2.09. The highest BCUT2D eigenvalue weighted by Gasteiger charge is 2.53. The summed E-state index contributed by atoms with van der Waals surface area (Å²) in [6.07, 6.45) is -3.20. The van der Waals surface area contributed by atoms with Crippen LogP contribution in [-0.4, -0.2) is 67.7 Å². The first-order valence-electron chi connectivity index (χ1n) is 10.5. The highest BCUT2D eigenvalue weighted by molar-refractivity contribution is 7.45. The van der Waals surface area contributed by atoms with Gasteiger partial charge in [-0.25, -0.2) is 18.7 Å². The fourth-order valence-corrected chi connectivity index (χ4v) is 4.00. The maximum atomic E-state index is 14.7. The second-order valence-corrected chi connectivity index (χ2v) is 9.18. The largest absolute Gasteiger partial charge is 0.462 e. The summed E-state index contributed by atoms with van der Waals surface area (Å²) in [5.41, 5.74) is 0. The van der Waals surface area contributed by atoms with Gasteiger partial charge in [-0.05, 0) is 26.0 Å². The number of amides is 2.